The highest BCUT2D eigenvalue weighted by Gasteiger charge is 2.22. The molecular weight excluding hydrogens is 446 g/mol. The number of hydrazine groups is 1. The SMILES string of the molecule is CCN(CC)S(=O)(=O)c1cccc(C(=O)NNC(=O)CSCc2ccc(Cl)cc2)c1. The molecule has 0 atom stereocenters. The van der Waals surface area contributed by atoms with Gasteiger partial charge in [0.25, 0.3) is 5.91 Å². The van der Waals surface area contributed by atoms with E-state index in [1.165, 1.54) is 40.3 Å². The van der Waals surface area contributed by atoms with E-state index in [1.54, 1.807) is 26.0 Å². The Kier molecular flexibility index (Phi) is 9.16. The number of sulfonamides is 1. The van der Waals surface area contributed by atoms with Gasteiger partial charge in [-0.1, -0.05) is 43.6 Å². The van der Waals surface area contributed by atoms with Crippen LogP contribution in [0.2, 0.25) is 5.02 Å². The second-order valence-corrected chi connectivity index (χ2v) is 9.60. The summed E-state index contributed by atoms with van der Waals surface area (Å²) in [5.74, 6) is -0.180. The number of hydrogen-bond donors (Lipinski definition) is 2. The van der Waals surface area contributed by atoms with Gasteiger partial charge in [0.05, 0.1) is 10.6 Å². The third-order valence-electron chi connectivity index (χ3n) is 4.17. The molecule has 2 aromatic carbocycles. The van der Waals surface area contributed by atoms with Crippen molar-refractivity contribution in [3.63, 3.8) is 0 Å². The molecule has 0 saturated carbocycles. The van der Waals surface area contributed by atoms with Gasteiger partial charge in [-0.2, -0.15) is 4.31 Å². The number of amides is 2. The zero-order valence-corrected chi connectivity index (χ0v) is 19.1. The number of hydrogen-bond acceptors (Lipinski definition) is 5. The van der Waals surface area contributed by atoms with E-state index in [0.717, 1.165) is 5.56 Å². The molecule has 2 aromatic rings. The van der Waals surface area contributed by atoms with Gasteiger partial charge in [-0.15, -0.1) is 11.8 Å². The van der Waals surface area contributed by atoms with Crippen molar-refractivity contribution in [2.45, 2.75) is 24.5 Å². The van der Waals surface area contributed by atoms with E-state index >= 15 is 0 Å². The Bertz CT molecular complexity index is 978. The van der Waals surface area contributed by atoms with Crippen LogP contribution in [0.5, 0.6) is 0 Å². The van der Waals surface area contributed by atoms with Gasteiger partial charge in [0.15, 0.2) is 0 Å². The number of carbonyl (C=O) groups is 2. The minimum atomic E-state index is -3.68. The van der Waals surface area contributed by atoms with Crippen molar-refractivity contribution in [3.8, 4) is 0 Å². The smallest absolute Gasteiger partial charge is 0.269 e. The van der Waals surface area contributed by atoms with Gasteiger partial charge >= 0.3 is 0 Å². The third-order valence-corrected chi connectivity index (χ3v) is 7.47. The van der Waals surface area contributed by atoms with Crippen molar-refractivity contribution >= 4 is 45.2 Å². The maximum Gasteiger partial charge on any atom is 0.269 e. The van der Waals surface area contributed by atoms with Crippen molar-refractivity contribution in [1.29, 1.82) is 0 Å². The first-order chi connectivity index (χ1) is 14.3. The molecule has 0 spiro atoms. The predicted molar refractivity (Wildman–Crippen MR) is 120 cm³/mol. The highest BCUT2D eigenvalue weighted by Crippen LogP contribution is 2.17. The number of nitrogens with one attached hydrogen (secondary N) is 2. The average Bonchev–Trinajstić information content (AvgIpc) is 2.74. The number of benzene rings is 2. The summed E-state index contributed by atoms with van der Waals surface area (Å²) in [4.78, 5) is 24.3. The summed E-state index contributed by atoms with van der Waals surface area (Å²) >= 11 is 7.23. The Morgan fingerprint density at radius 2 is 1.70 bits per heavy atom. The van der Waals surface area contributed by atoms with Gasteiger partial charge in [0, 0.05) is 29.4 Å². The molecule has 7 nitrogen and oxygen atoms in total. The van der Waals surface area contributed by atoms with Gasteiger partial charge in [-0.25, -0.2) is 8.42 Å². The van der Waals surface area contributed by atoms with E-state index in [0.29, 0.717) is 23.9 Å². The second-order valence-electron chi connectivity index (χ2n) is 6.24. The molecule has 0 aliphatic heterocycles. The molecule has 2 amide bonds. The summed E-state index contributed by atoms with van der Waals surface area (Å²) in [7, 11) is -3.68. The van der Waals surface area contributed by atoms with Gasteiger partial charge < -0.3 is 0 Å². The first-order valence-corrected chi connectivity index (χ1v) is 12.3. The molecular formula is C20H24ClN3O4S2. The van der Waals surface area contributed by atoms with E-state index < -0.39 is 15.9 Å². The van der Waals surface area contributed by atoms with E-state index in [9.17, 15) is 18.0 Å². The fraction of sp³-hybridized carbons (Fsp3) is 0.300. The van der Waals surface area contributed by atoms with Gasteiger partial charge in [-0.05, 0) is 35.9 Å². The molecule has 0 aromatic heterocycles. The maximum atomic E-state index is 12.6. The third kappa shape index (κ3) is 6.73. The van der Waals surface area contributed by atoms with Gasteiger partial charge in [0.1, 0.15) is 0 Å². The van der Waals surface area contributed by atoms with Gasteiger partial charge in [-0.3, -0.25) is 20.4 Å². The molecule has 0 aliphatic rings. The average molecular weight is 470 g/mol. The molecule has 0 bridgehead atoms. The van der Waals surface area contributed by atoms with Crippen LogP contribution in [-0.2, 0) is 20.6 Å². The molecule has 30 heavy (non-hydrogen) atoms. The molecule has 0 radical (unpaired) electrons. The zero-order valence-electron chi connectivity index (χ0n) is 16.7. The number of nitrogens with zero attached hydrogens (tertiary/aromatic N) is 1. The van der Waals surface area contributed by atoms with Crippen molar-refractivity contribution in [2.24, 2.45) is 0 Å². The Morgan fingerprint density at radius 1 is 1.03 bits per heavy atom. The Balaban J connectivity index is 1.88. The molecule has 2 rings (SSSR count). The number of thioether (sulfide) groups is 1. The van der Waals surface area contributed by atoms with Crippen LogP contribution in [0.15, 0.2) is 53.4 Å². The highest BCUT2D eigenvalue weighted by atomic mass is 35.5. The maximum absolute atomic E-state index is 12.6. The Labute approximate surface area is 186 Å². The van der Waals surface area contributed by atoms with E-state index in [-0.39, 0.29) is 22.1 Å². The van der Waals surface area contributed by atoms with Crippen molar-refractivity contribution < 1.29 is 18.0 Å². The Morgan fingerprint density at radius 3 is 2.33 bits per heavy atom. The van der Waals surface area contributed by atoms with Crippen LogP contribution in [0.4, 0.5) is 0 Å². The minimum absolute atomic E-state index is 0.0312. The minimum Gasteiger partial charge on any atom is -0.272 e. The first-order valence-electron chi connectivity index (χ1n) is 9.29. The zero-order chi connectivity index (χ0) is 22.1. The molecule has 2 N–H and O–H groups in total. The lowest BCUT2D eigenvalue weighted by Crippen LogP contribution is -2.42. The summed E-state index contributed by atoms with van der Waals surface area (Å²) in [6.45, 7) is 4.16. The molecule has 10 heteroatoms. The lowest BCUT2D eigenvalue weighted by molar-refractivity contribution is -0.119. The van der Waals surface area contributed by atoms with E-state index in [4.69, 9.17) is 11.6 Å². The van der Waals surface area contributed by atoms with Gasteiger partial charge in [0.2, 0.25) is 15.9 Å². The summed E-state index contributed by atoms with van der Waals surface area (Å²) in [5, 5.41) is 0.651. The van der Waals surface area contributed by atoms with Crippen molar-refractivity contribution in [2.75, 3.05) is 18.8 Å². The van der Waals surface area contributed by atoms with Crippen LogP contribution >= 0.6 is 23.4 Å². The van der Waals surface area contributed by atoms with Crippen LogP contribution in [0, 0.1) is 0 Å². The molecule has 162 valence electrons. The van der Waals surface area contributed by atoms with E-state index in [1.807, 2.05) is 12.1 Å². The molecule has 0 unspecified atom stereocenters. The standard InChI is InChI=1S/C20H24ClN3O4S2/c1-3-24(4-2)30(27,28)18-7-5-6-16(12-18)20(26)23-22-19(25)14-29-13-15-8-10-17(21)11-9-15/h5-12H,3-4,13-14H2,1-2H3,(H,22,25)(H,23,26). The number of rotatable bonds is 9. The van der Waals surface area contributed by atoms with E-state index in [2.05, 4.69) is 10.9 Å². The topological polar surface area (TPSA) is 95.6 Å². The van der Waals surface area contributed by atoms with Crippen molar-refractivity contribution in [3.05, 3.63) is 64.7 Å². The predicted octanol–water partition coefficient (Wildman–Crippen LogP) is 3.06. The largest absolute Gasteiger partial charge is 0.272 e. The summed E-state index contributed by atoms with van der Waals surface area (Å²) in [6, 6.07) is 13.1. The fourth-order valence-corrected chi connectivity index (χ4v) is 5.01. The molecule has 0 aliphatic carbocycles. The van der Waals surface area contributed by atoms with Crippen LogP contribution in [-0.4, -0.2) is 43.4 Å². The normalized spacial score (nSPS) is 11.3. The fourth-order valence-electron chi connectivity index (χ4n) is 2.59. The van der Waals surface area contributed by atoms with Crippen LogP contribution in [0.25, 0.3) is 0 Å². The van der Waals surface area contributed by atoms with Crippen LogP contribution in [0.1, 0.15) is 29.8 Å². The summed E-state index contributed by atoms with van der Waals surface area (Å²) in [6.07, 6.45) is 0. The lowest BCUT2D eigenvalue weighted by atomic mass is 10.2. The highest BCUT2D eigenvalue weighted by molar-refractivity contribution is 7.99. The van der Waals surface area contributed by atoms with Crippen molar-refractivity contribution in [1.82, 2.24) is 15.2 Å². The molecule has 0 heterocycles. The summed E-state index contributed by atoms with van der Waals surface area (Å²) < 4.78 is 26.5. The number of carbonyl (C=O) groups excluding carboxylic acids is 2. The first kappa shape index (κ1) is 24.2. The van der Waals surface area contributed by atoms with Crippen LogP contribution in [0.3, 0.4) is 0 Å². The molecule has 0 saturated heterocycles. The second kappa shape index (κ2) is 11.4. The summed E-state index contributed by atoms with van der Waals surface area (Å²) in [5.41, 5.74) is 5.82. The number of halogens is 1. The molecule has 0 fully saturated rings. The Hall–Kier alpha value is -2.07. The lowest BCUT2D eigenvalue weighted by Gasteiger charge is -2.18. The van der Waals surface area contributed by atoms with Crippen LogP contribution < -0.4 is 10.9 Å². The quantitative estimate of drug-likeness (QED) is 0.550. The monoisotopic (exact) mass is 469 g/mol.